The minimum Gasteiger partial charge on any atom is -0.236 e. The second-order valence-electron chi connectivity index (χ2n) is 4.79. The first-order chi connectivity index (χ1) is 9.79. The molecule has 1 aromatic heterocycles. The van der Waals surface area contributed by atoms with Gasteiger partial charge in [0.1, 0.15) is 6.33 Å². The molecule has 0 unspecified atom stereocenters. The van der Waals surface area contributed by atoms with Crippen LogP contribution in [0.1, 0.15) is 19.5 Å². The van der Waals surface area contributed by atoms with Crippen LogP contribution in [-0.2, 0) is 0 Å². The Morgan fingerprint density at radius 1 is 0.950 bits per heavy atom. The molecule has 20 heavy (non-hydrogen) atoms. The zero-order valence-electron chi connectivity index (χ0n) is 11.7. The van der Waals surface area contributed by atoms with Crippen LogP contribution in [0.3, 0.4) is 0 Å². The normalized spacial score (nSPS) is 11.8. The second-order valence-corrected chi connectivity index (χ2v) is 4.79. The number of allylic oxidation sites excluding steroid dienone is 2. The molecule has 2 heteroatoms. The van der Waals surface area contributed by atoms with Gasteiger partial charge in [0.25, 0.3) is 0 Å². The van der Waals surface area contributed by atoms with E-state index in [9.17, 15) is 0 Å². The van der Waals surface area contributed by atoms with E-state index in [1.165, 1.54) is 16.7 Å². The van der Waals surface area contributed by atoms with E-state index in [-0.39, 0.29) is 0 Å². The van der Waals surface area contributed by atoms with Gasteiger partial charge in [0, 0.05) is 5.39 Å². The largest absolute Gasteiger partial charge is 0.236 e. The molecule has 0 radical (unpaired) electrons. The third-order valence-corrected chi connectivity index (χ3v) is 3.55. The third kappa shape index (κ3) is 2.21. The van der Waals surface area contributed by atoms with Crippen molar-refractivity contribution in [2.75, 3.05) is 0 Å². The van der Waals surface area contributed by atoms with Crippen LogP contribution in [0.25, 0.3) is 27.6 Å². The van der Waals surface area contributed by atoms with Gasteiger partial charge in [0.05, 0.1) is 11.2 Å². The predicted molar refractivity (Wildman–Crippen MR) is 84.3 cm³/mol. The maximum Gasteiger partial charge on any atom is 0.116 e. The summed E-state index contributed by atoms with van der Waals surface area (Å²) in [4.78, 5) is 8.81. The number of rotatable bonds is 2. The van der Waals surface area contributed by atoms with Crippen LogP contribution in [0.15, 0.2) is 60.9 Å². The number of hydrogen-bond donors (Lipinski definition) is 0. The van der Waals surface area contributed by atoms with Gasteiger partial charge in [0.2, 0.25) is 0 Å². The Labute approximate surface area is 118 Å². The molecule has 0 saturated carbocycles. The van der Waals surface area contributed by atoms with E-state index in [0.717, 1.165) is 16.6 Å². The van der Waals surface area contributed by atoms with Gasteiger partial charge < -0.3 is 0 Å². The first kappa shape index (κ1) is 12.5. The molecule has 0 spiro atoms. The lowest BCUT2D eigenvalue weighted by molar-refractivity contribution is 1.19. The average Bonchev–Trinajstić information content (AvgIpc) is 2.54. The lowest BCUT2D eigenvalue weighted by atomic mass is 10.0. The molecule has 0 fully saturated rings. The zero-order chi connectivity index (χ0) is 13.9. The highest BCUT2D eigenvalue weighted by Gasteiger charge is 2.06. The lowest BCUT2D eigenvalue weighted by Gasteiger charge is -2.07. The molecule has 0 atom stereocenters. The van der Waals surface area contributed by atoms with Crippen LogP contribution in [0, 0.1) is 0 Å². The van der Waals surface area contributed by atoms with E-state index in [4.69, 9.17) is 0 Å². The second kappa shape index (κ2) is 5.25. The van der Waals surface area contributed by atoms with Crippen molar-refractivity contribution < 1.29 is 0 Å². The molecule has 2 nitrogen and oxygen atoms in total. The summed E-state index contributed by atoms with van der Waals surface area (Å²) in [6.45, 7) is 4.11. The number of benzene rings is 2. The highest BCUT2D eigenvalue weighted by Crippen LogP contribution is 2.26. The van der Waals surface area contributed by atoms with Gasteiger partial charge in [0.15, 0.2) is 0 Å². The summed E-state index contributed by atoms with van der Waals surface area (Å²) in [6, 6.07) is 16.7. The van der Waals surface area contributed by atoms with Crippen LogP contribution in [0.4, 0.5) is 0 Å². The van der Waals surface area contributed by atoms with E-state index in [1.54, 1.807) is 6.33 Å². The van der Waals surface area contributed by atoms with Crippen LogP contribution in [-0.4, -0.2) is 9.97 Å². The van der Waals surface area contributed by atoms with Gasteiger partial charge in [-0.05, 0) is 36.6 Å². The van der Waals surface area contributed by atoms with Crippen molar-refractivity contribution >= 4 is 16.5 Å². The van der Waals surface area contributed by atoms with Gasteiger partial charge >= 0.3 is 0 Å². The zero-order valence-corrected chi connectivity index (χ0v) is 11.7. The van der Waals surface area contributed by atoms with Crippen molar-refractivity contribution in [3.63, 3.8) is 0 Å². The molecule has 0 amide bonds. The summed E-state index contributed by atoms with van der Waals surface area (Å²) in [5, 5.41) is 1.10. The monoisotopic (exact) mass is 260 g/mol. The molecule has 98 valence electrons. The summed E-state index contributed by atoms with van der Waals surface area (Å²) in [7, 11) is 0. The van der Waals surface area contributed by atoms with E-state index >= 15 is 0 Å². The predicted octanol–water partition coefficient (Wildman–Crippen LogP) is 4.72. The molecule has 2 aromatic carbocycles. The van der Waals surface area contributed by atoms with Gasteiger partial charge in [-0.15, -0.1) is 0 Å². The first-order valence-electron chi connectivity index (χ1n) is 6.73. The molecule has 0 aliphatic rings. The Hall–Kier alpha value is -2.48. The highest BCUT2D eigenvalue weighted by atomic mass is 14.8. The number of nitrogens with zero attached hydrogens (tertiary/aromatic N) is 2. The summed E-state index contributed by atoms with van der Waals surface area (Å²) < 4.78 is 0. The van der Waals surface area contributed by atoms with E-state index < -0.39 is 0 Å². The number of fused-ring (bicyclic) bond motifs is 1. The van der Waals surface area contributed by atoms with Crippen molar-refractivity contribution in [1.82, 2.24) is 9.97 Å². The minimum absolute atomic E-state index is 0.984. The highest BCUT2D eigenvalue weighted by molar-refractivity contribution is 5.91. The Morgan fingerprint density at radius 3 is 2.50 bits per heavy atom. The third-order valence-electron chi connectivity index (χ3n) is 3.55. The molecule has 0 N–H and O–H groups in total. The summed E-state index contributed by atoms with van der Waals surface area (Å²) in [5.74, 6) is 0. The van der Waals surface area contributed by atoms with Gasteiger partial charge in [-0.3, -0.25) is 0 Å². The van der Waals surface area contributed by atoms with Crippen LogP contribution < -0.4 is 0 Å². The average molecular weight is 260 g/mol. The SMILES string of the molecule is C/C=C(\C)c1ncnc2cc(-c3ccccc3)ccc12. The number of aromatic nitrogens is 2. The van der Waals surface area contributed by atoms with Crippen LogP contribution >= 0.6 is 0 Å². The molecular formula is C18H16N2. The summed E-state index contributed by atoms with van der Waals surface area (Å²) in [6.07, 6.45) is 3.71. The Morgan fingerprint density at radius 2 is 1.75 bits per heavy atom. The molecule has 1 heterocycles. The molecule has 0 saturated heterocycles. The number of hydrogen-bond acceptors (Lipinski definition) is 2. The molecule has 0 bridgehead atoms. The van der Waals surface area contributed by atoms with Crippen molar-refractivity contribution in [2.24, 2.45) is 0 Å². The molecular weight excluding hydrogens is 244 g/mol. The van der Waals surface area contributed by atoms with Crippen molar-refractivity contribution in [3.8, 4) is 11.1 Å². The first-order valence-corrected chi connectivity index (χ1v) is 6.73. The molecule has 0 aliphatic heterocycles. The molecule has 3 rings (SSSR count). The van der Waals surface area contributed by atoms with Crippen molar-refractivity contribution in [1.29, 1.82) is 0 Å². The smallest absolute Gasteiger partial charge is 0.116 e. The fourth-order valence-electron chi connectivity index (χ4n) is 2.32. The Balaban J connectivity index is 2.19. The summed E-state index contributed by atoms with van der Waals surface area (Å²) in [5.41, 5.74) is 5.55. The maximum atomic E-state index is 4.41. The van der Waals surface area contributed by atoms with Gasteiger partial charge in [-0.25, -0.2) is 9.97 Å². The van der Waals surface area contributed by atoms with E-state index in [1.807, 2.05) is 13.0 Å². The maximum absolute atomic E-state index is 4.41. The van der Waals surface area contributed by atoms with Crippen LogP contribution in [0.2, 0.25) is 0 Å². The molecule has 0 aliphatic carbocycles. The minimum atomic E-state index is 0.984. The van der Waals surface area contributed by atoms with Crippen molar-refractivity contribution in [3.05, 3.63) is 66.6 Å². The molecule has 3 aromatic rings. The Bertz CT molecular complexity index is 774. The Kier molecular flexibility index (Phi) is 3.30. The van der Waals surface area contributed by atoms with E-state index in [2.05, 4.69) is 65.4 Å². The fraction of sp³-hybridized carbons (Fsp3) is 0.111. The van der Waals surface area contributed by atoms with Gasteiger partial charge in [-0.2, -0.15) is 0 Å². The summed E-state index contributed by atoms with van der Waals surface area (Å²) >= 11 is 0. The lowest BCUT2D eigenvalue weighted by Crippen LogP contribution is -1.91. The fourth-order valence-corrected chi connectivity index (χ4v) is 2.32. The standard InChI is InChI=1S/C18H16N2/c1-3-13(2)18-16-10-9-15(11-17(16)19-12-20-18)14-7-5-4-6-8-14/h3-12H,1-2H3/b13-3+. The van der Waals surface area contributed by atoms with Gasteiger partial charge in [-0.1, -0.05) is 48.5 Å². The van der Waals surface area contributed by atoms with E-state index in [0.29, 0.717) is 0 Å². The van der Waals surface area contributed by atoms with Crippen LogP contribution in [0.5, 0.6) is 0 Å². The quantitative estimate of drug-likeness (QED) is 0.666. The topological polar surface area (TPSA) is 25.8 Å². The van der Waals surface area contributed by atoms with Crippen molar-refractivity contribution in [2.45, 2.75) is 13.8 Å².